The molecule has 0 bridgehead atoms. The molecule has 0 atom stereocenters. The summed E-state index contributed by atoms with van der Waals surface area (Å²) in [6, 6.07) is 20.2. The maximum absolute atomic E-state index is 13.6. The first-order chi connectivity index (χ1) is 16.9. The molecule has 0 unspecified atom stereocenters. The van der Waals surface area contributed by atoms with Gasteiger partial charge >= 0.3 is 0 Å². The van der Waals surface area contributed by atoms with Gasteiger partial charge in [-0.1, -0.05) is 29.8 Å². The number of hydrogen-bond donors (Lipinski definition) is 2. The van der Waals surface area contributed by atoms with Gasteiger partial charge in [0.1, 0.15) is 5.75 Å². The van der Waals surface area contributed by atoms with Crippen molar-refractivity contribution in [1.29, 1.82) is 0 Å². The molecule has 0 aliphatic carbocycles. The first kappa shape index (κ1) is 23.8. The zero-order chi connectivity index (χ0) is 24.9. The van der Waals surface area contributed by atoms with Gasteiger partial charge in [0, 0.05) is 17.8 Å². The lowest BCUT2D eigenvalue weighted by Gasteiger charge is -2.15. The fourth-order valence-electron chi connectivity index (χ4n) is 3.55. The van der Waals surface area contributed by atoms with Crippen molar-refractivity contribution in [3.8, 4) is 17.2 Å². The van der Waals surface area contributed by atoms with Crippen LogP contribution in [0, 0.1) is 20.8 Å². The Kier molecular flexibility index (Phi) is 6.96. The third-order valence-electron chi connectivity index (χ3n) is 5.66. The second-order valence-corrected chi connectivity index (χ2v) is 8.35. The zero-order valence-corrected chi connectivity index (χ0v) is 20.3. The van der Waals surface area contributed by atoms with Crippen LogP contribution in [-0.4, -0.2) is 22.2 Å². The molecule has 0 saturated heterocycles. The van der Waals surface area contributed by atoms with Crippen LogP contribution in [0.4, 0.5) is 11.4 Å². The summed E-state index contributed by atoms with van der Waals surface area (Å²) in [6.45, 7) is 8.39. The minimum Gasteiger partial charge on any atom is -0.453 e. The quantitative estimate of drug-likeness (QED) is 0.377. The molecule has 4 rings (SSSR count). The number of carbonyl (C=O) groups excluding carboxylic acids is 1. The van der Waals surface area contributed by atoms with E-state index in [0.29, 0.717) is 29.2 Å². The lowest BCUT2D eigenvalue weighted by atomic mass is 10.1. The Morgan fingerprint density at radius 1 is 0.971 bits per heavy atom. The van der Waals surface area contributed by atoms with Crippen LogP contribution < -0.4 is 20.9 Å². The summed E-state index contributed by atoms with van der Waals surface area (Å²) in [6.07, 6.45) is 1.52. The Hall–Kier alpha value is -4.39. The summed E-state index contributed by atoms with van der Waals surface area (Å²) in [4.78, 5) is 25.9. The fraction of sp³-hybridized carbons (Fsp3) is 0.179. The number of carbonyl (C=O) groups is 1. The van der Waals surface area contributed by atoms with Crippen LogP contribution in [-0.2, 0) is 0 Å². The molecule has 1 amide bonds. The van der Waals surface area contributed by atoms with Gasteiger partial charge in [-0.15, -0.1) is 0 Å². The molecular formula is C28H28N4O3. The van der Waals surface area contributed by atoms with E-state index in [2.05, 4.69) is 15.7 Å². The standard InChI is InChI=1S/C28H28N4O3/c1-5-29-27(33)21-7-6-8-22(16-21)31-26-25(35-24-14-11-19(3)20(4)15-24)17-30-32(28(26)34)23-12-9-18(2)10-13-23/h6-17,31H,5H2,1-4H3,(H,29,33). The highest BCUT2D eigenvalue weighted by atomic mass is 16.5. The van der Waals surface area contributed by atoms with Crippen LogP contribution >= 0.6 is 0 Å². The SMILES string of the molecule is CCNC(=O)c1cccc(Nc2c(Oc3ccc(C)c(C)c3)cnn(-c3ccc(C)cc3)c2=O)c1. The summed E-state index contributed by atoms with van der Waals surface area (Å²) in [7, 11) is 0. The summed E-state index contributed by atoms with van der Waals surface area (Å²) < 4.78 is 7.43. The third kappa shape index (κ3) is 5.41. The van der Waals surface area contributed by atoms with Crippen molar-refractivity contribution in [2.75, 3.05) is 11.9 Å². The van der Waals surface area contributed by atoms with Crippen LogP contribution in [0.25, 0.3) is 5.69 Å². The van der Waals surface area contributed by atoms with Crippen LogP contribution in [0.1, 0.15) is 34.0 Å². The van der Waals surface area contributed by atoms with Crippen LogP contribution in [0.2, 0.25) is 0 Å². The Morgan fingerprint density at radius 2 is 1.74 bits per heavy atom. The monoisotopic (exact) mass is 468 g/mol. The van der Waals surface area contributed by atoms with Crippen molar-refractivity contribution in [1.82, 2.24) is 15.1 Å². The van der Waals surface area contributed by atoms with Crippen LogP contribution in [0.5, 0.6) is 11.5 Å². The smallest absolute Gasteiger partial charge is 0.299 e. The van der Waals surface area contributed by atoms with E-state index in [1.165, 1.54) is 10.9 Å². The Bertz CT molecular complexity index is 1430. The van der Waals surface area contributed by atoms with E-state index in [0.717, 1.165) is 16.7 Å². The Labute approximate surface area is 204 Å². The minimum absolute atomic E-state index is 0.186. The van der Waals surface area contributed by atoms with Crippen molar-refractivity contribution in [2.45, 2.75) is 27.7 Å². The second kappa shape index (κ2) is 10.3. The van der Waals surface area contributed by atoms with Gasteiger partial charge < -0.3 is 15.4 Å². The normalized spacial score (nSPS) is 10.6. The highest BCUT2D eigenvalue weighted by molar-refractivity contribution is 5.95. The number of aryl methyl sites for hydroxylation is 3. The molecule has 178 valence electrons. The average molecular weight is 469 g/mol. The van der Waals surface area contributed by atoms with Gasteiger partial charge in [0.15, 0.2) is 11.4 Å². The van der Waals surface area contributed by atoms with E-state index in [9.17, 15) is 9.59 Å². The number of nitrogens with zero attached hydrogens (tertiary/aromatic N) is 2. The molecule has 0 radical (unpaired) electrons. The number of nitrogens with one attached hydrogen (secondary N) is 2. The first-order valence-electron chi connectivity index (χ1n) is 11.5. The predicted molar refractivity (Wildman–Crippen MR) is 138 cm³/mol. The molecule has 7 nitrogen and oxygen atoms in total. The van der Waals surface area contributed by atoms with Crippen molar-refractivity contribution in [3.05, 3.63) is 106 Å². The Balaban J connectivity index is 1.78. The average Bonchev–Trinajstić information content (AvgIpc) is 2.85. The summed E-state index contributed by atoms with van der Waals surface area (Å²) in [5, 5.41) is 10.3. The van der Waals surface area contributed by atoms with E-state index in [-0.39, 0.29) is 22.9 Å². The molecule has 35 heavy (non-hydrogen) atoms. The zero-order valence-electron chi connectivity index (χ0n) is 20.3. The van der Waals surface area contributed by atoms with Crippen LogP contribution in [0.15, 0.2) is 77.7 Å². The van der Waals surface area contributed by atoms with Crippen molar-refractivity contribution < 1.29 is 9.53 Å². The molecule has 2 N–H and O–H groups in total. The van der Waals surface area contributed by atoms with E-state index < -0.39 is 0 Å². The van der Waals surface area contributed by atoms with Crippen LogP contribution in [0.3, 0.4) is 0 Å². The number of aromatic nitrogens is 2. The van der Waals surface area contributed by atoms with Gasteiger partial charge in [0.05, 0.1) is 11.9 Å². The van der Waals surface area contributed by atoms with Gasteiger partial charge in [-0.2, -0.15) is 9.78 Å². The molecule has 0 fully saturated rings. The van der Waals surface area contributed by atoms with Gasteiger partial charge in [-0.3, -0.25) is 9.59 Å². The number of benzene rings is 3. The van der Waals surface area contributed by atoms with Crippen molar-refractivity contribution >= 4 is 17.3 Å². The topological polar surface area (TPSA) is 85.2 Å². The van der Waals surface area contributed by atoms with E-state index >= 15 is 0 Å². The van der Waals surface area contributed by atoms with Gasteiger partial charge in [-0.25, -0.2) is 0 Å². The third-order valence-corrected chi connectivity index (χ3v) is 5.66. The van der Waals surface area contributed by atoms with Gasteiger partial charge in [0.25, 0.3) is 11.5 Å². The maximum Gasteiger partial charge on any atom is 0.299 e. The van der Waals surface area contributed by atoms with Gasteiger partial charge in [0.2, 0.25) is 0 Å². The molecule has 4 aromatic rings. The highest BCUT2D eigenvalue weighted by Gasteiger charge is 2.16. The minimum atomic E-state index is -0.376. The first-order valence-corrected chi connectivity index (χ1v) is 11.5. The fourth-order valence-corrected chi connectivity index (χ4v) is 3.55. The largest absolute Gasteiger partial charge is 0.453 e. The number of rotatable bonds is 7. The molecule has 1 aromatic heterocycles. The van der Waals surface area contributed by atoms with Crippen molar-refractivity contribution in [2.24, 2.45) is 0 Å². The summed E-state index contributed by atoms with van der Waals surface area (Å²) in [5.41, 5.74) is 4.84. The van der Waals surface area contributed by atoms with E-state index in [4.69, 9.17) is 4.74 Å². The molecule has 0 spiro atoms. The van der Waals surface area contributed by atoms with E-state index in [1.54, 1.807) is 24.3 Å². The van der Waals surface area contributed by atoms with Crippen molar-refractivity contribution in [3.63, 3.8) is 0 Å². The molecule has 0 aliphatic heterocycles. The second-order valence-electron chi connectivity index (χ2n) is 8.35. The molecule has 0 saturated carbocycles. The number of anilines is 2. The van der Waals surface area contributed by atoms with Gasteiger partial charge in [-0.05, 0) is 81.3 Å². The lowest BCUT2D eigenvalue weighted by molar-refractivity contribution is 0.0956. The summed E-state index contributed by atoms with van der Waals surface area (Å²) in [5.74, 6) is 0.695. The molecule has 7 heteroatoms. The summed E-state index contributed by atoms with van der Waals surface area (Å²) >= 11 is 0. The molecule has 3 aromatic carbocycles. The predicted octanol–water partition coefficient (Wildman–Crippen LogP) is 5.44. The van der Waals surface area contributed by atoms with E-state index in [1.807, 2.05) is 70.2 Å². The maximum atomic E-state index is 13.6. The highest BCUT2D eigenvalue weighted by Crippen LogP contribution is 2.30. The Morgan fingerprint density at radius 3 is 2.46 bits per heavy atom. The number of hydrogen-bond acceptors (Lipinski definition) is 5. The lowest BCUT2D eigenvalue weighted by Crippen LogP contribution is -2.24. The molecular weight excluding hydrogens is 440 g/mol. The molecule has 1 heterocycles. The molecule has 0 aliphatic rings. The number of amides is 1. The number of ether oxygens (including phenoxy) is 1.